The van der Waals surface area contributed by atoms with Gasteiger partial charge in [0.25, 0.3) is 0 Å². The van der Waals surface area contributed by atoms with Gasteiger partial charge in [0.05, 0.1) is 12.2 Å². The summed E-state index contributed by atoms with van der Waals surface area (Å²) < 4.78 is 5.48. The predicted octanol–water partition coefficient (Wildman–Crippen LogP) is 3.61. The maximum absolute atomic E-state index is 9.99. The highest BCUT2D eigenvalue weighted by Crippen LogP contribution is 2.23. The van der Waals surface area contributed by atoms with Crippen LogP contribution in [0.15, 0.2) is 29.2 Å². The molecule has 1 aromatic rings. The predicted molar refractivity (Wildman–Crippen MR) is 73.9 cm³/mol. The van der Waals surface area contributed by atoms with E-state index in [1.165, 1.54) is 0 Å². The molecule has 0 aliphatic heterocycles. The molecule has 0 aliphatic rings. The van der Waals surface area contributed by atoms with Crippen molar-refractivity contribution in [1.82, 2.24) is 0 Å². The second-order valence-corrected chi connectivity index (χ2v) is 5.27. The monoisotopic (exact) mass is 274 g/mol. The molecule has 0 saturated carbocycles. The molecule has 0 bridgehead atoms. The SMILES string of the molecule is CCOC(CC)C(O)CSc1cccc(Cl)c1. The summed E-state index contributed by atoms with van der Waals surface area (Å²) in [5.41, 5.74) is 0. The van der Waals surface area contributed by atoms with Crippen LogP contribution in [0, 0.1) is 0 Å². The number of rotatable bonds is 7. The Morgan fingerprint density at radius 1 is 1.41 bits per heavy atom. The van der Waals surface area contributed by atoms with Crippen LogP contribution >= 0.6 is 23.4 Å². The Kier molecular flexibility index (Phi) is 6.97. The number of aliphatic hydroxyl groups excluding tert-OH is 1. The van der Waals surface area contributed by atoms with Crippen LogP contribution in [0.5, 0.6) is 0 Å². The van der Waals surface area contributed by atoms with Gasteiger partial charge >= 0.3 is 0 Å². The van der Waals surface area contributed by atoms with Gasteiger partial charge in [0, 0.05) is 22.3 Å². The van der Waals surface area contributed by atoms with Crippen molar-refractivity contribution in [2.24, 2.45) is 0 Å². The van der Waals surface area contributed by atoms with Gasteiger partial charge in [-0.3, -0.25) is 0 Å². The third kappa shape index (κ3) is 5.30. The molecule has 17 heavy (non-hydrogen) atoms. The van der Waals surface area contributed by atoms with E-state index in [0.29, 0.717) is 12.4 Å². The smallest absolute Gasteiger partial charge is 0.0895 e. The number of halogens is 1. The third-order valence-corrected chi connectivity index (χ3v) is 3.76. The average molecular weight is 275 g/mol. The lowest BCUT2D eigenvalue weighted by Crippen LogP contribution is -2.30. The van der Waals surface area contributed by atoms with Crippen LogP contribution in [0.3, 0.4) is 0 Å². The van der Waals surface area contributed by atoms with Gasteiger partial charge in [-0.15, -0.1) is 11.8 Å². The van der Waals surface area contributed by atoms with E-state index < -0.39 is 6.10 Å². The molecule has 0 saturated heterocycles. The van der Waals surface area contributed by atoms with Gasteiger partial charge in [0.2, 0.25) is 0 Å². The Balaban J connectivity index is 2.44. The first-order chi connectivity index (χ1) is 8.17. The summed E-state index contributed by atoms with van der Waals surface area (Å²) >= 11 is 7.50. The molecule has 96 valence electrons. The van der Waals surface area contributed by atoms with Gasteiger partial charge in [-0.05, 0) is 31.5 Å². The summed E-state index contributed by atoms with van der Waals surface area (Å²) in [4.78, 5) is 1.07. The highest BCUT2D eigenvalue weighted by molar-refractivity contribution is 7.99. The molecule has 4 heteroatoms. The molecule has 0 amide bonds. The van der Waals surface area contributed by atoms with E-state index in [1.807, 2.05) is 38.1 Å². The van der Waals surface area contributed by atoms with E-state index in [-0.39, 0.29) is 6.10 Å². The maximum Gasteiger partial charge on any atom is 0.0895 e. The fraction of sp³-hybridized carbons (Fsp3) is 0.538. The Labute approximate surface area is 112 Å². The molecule has 0 aliphatic carbocycles. The van der Waals surface area contributed by atoms with Gasteiger partial charge in [-0.1, -0.05) is 24.6 Å². The molecule has 0 fully saturated rings. The minimum absolute atomic E-state index is 0.0771. The Morgan fingerprint density at radius 2 is 2.18 bits per heavy atom. The second kappa shape index (κ2) is 7.98. The zero-order valence-corrected chi connectivity index (χ0v) is 11.8. The van der Waals surface area contributed by atoms with Gasteiger partial charge in [-0.2, -0.15) is 0 Å². The van der Waals surface area contributed by atoms with Gasteiger partial charge < -0.3 is 9.84 Å². The highest BCUT2D eigenvalue weighted by atomic mass is 35.5. The topological polar surface area (TPSA) is 29.5 Å². The van der Waals surface area contributed by atoms with Crippen molar-refractivity contribution in [2.45, 2.75) is 37.4 Å². The quantitative estimate of drug-likeness (QED) is 0.771. The third-order valence-electron chi connectivity index (χ3n) is 2.43. The lowest BCUT2D eigenvalue weighted by Gasteiger charge is -2.21. The van der Waals surface area contributed by atoms with Crippen molar-refractivity contribution < 1.29 is 9.84 Å². The summed E-state index contributed by atoms with van der Waals surface area (Å²) in [6.45, 7) is 4.60. The van der Waals surface area contributed by atoms with Crippen molar-refractivity contribution in [3.63, 3.8) is 0 Å². The number of aliphatic hydroxyl groups is 1. The highest BCUT2D eigenvalue weighted by Gasteiger charge is 2.17. The van der Waals surface area contributed by atoms with E-state index in [0.717, 1.165) is 16.3 Å². The largest absolute Gasteiger partial charge is 0.390 e. The number of benzene rings is 1. The lowest BCUT2D eigenvalue weighted by molar-refractivity contribution is -0.0235. The number of hydrogen-bond donors (Lipinski definition) is 1. The summed E-state index contributed by atoms with van der Waals surface area (Å²) in [6.07, 6.45) is 0.307. The van der Waals surface area contributed by atoms with Crippen LogP contribution in [0.25, 0.3) is 0 Å². The Morgan fingerprint density at radius 3 is 2.76 bits per heavy atom. The minimum Gasteiger partial charge on any atom is -0.390 e. The van der Waals surface area contributed by atoms with Crippen LogP contribution < -0.4 is 0 Å². The number of hydrogen-bond acceptors (Lipinski definition) is 3. The van der Waals surface area contributed by atoms with E-state index in [4.69, 9.17) is 16.3 Å². The molecule has 0 spiro atoms. The molecular formula is C13H19ClO2S. The number of thioether (sulfide) groups is 1. The minimum atomic E-state index is -0.441. The molecule has 0 radical (unpaired) electrons. The first-order valence-electron chi connectivity index (χ1n) is 5.85. The van der Waals surface area contributed by atoms with Crippen LogP contribution in [0.1, 0.15) is 20.3 Å². The fourth-order valence-electron chi connectivity index (χ4n) is 1.56. The lowest BCUT2D eigenvalue weighted by atomic mass is 10.2. The van der Waals surface area contributed by atoms with Crippen LogP contribution in [0.4, 0.5) is 0 Å². The summed E-state index contributed by atoms with van der Waals surface area (Å²) in [5.74, 6) is 0.624. The summed E-state index contributed by atoms with van der Waals surface area (Å²) in [6, 6.07) is 7.65. The standard InChI is InChI=1S/C13H19ClO2S/c1-3-13(16-4-2)12(15)9-17-11-7-5-6-10(14)8-11/h5-8,12-13,15H,3-4,9H2,1-2H3. The first kappa shape index (κ1) is 14.8. The number of ether oxygens (including phenoxy) is 1. The molecule has 1 N–H and O–H groups in total. The first-order valence-corrected chi connectivity index (χ1v) is 7.21. The van der Waals surface area contributed by atoms with Crippen LogP contribution in [-0.2, 0) is 4.74 Å². The van der Waals surface area contributed by atoms with Gasteiger partial charge in [0.15, 0.2) is 0 Å². The van der Waals surface area contributed by atoms with E-state index in [1.54, 1.807) is 11.8 Å². The normalized spacial score (nSPS) is 14.6. The van der Waals surface area contributed by atoms with Crippen LogP contribution in [-0.4, -0.2) is 29.7 Å². The molecule has 1 rings (SSSR count). The zero-order valence-electron chi connectivity index (χ0n) is 10.2. The van der Waals surface area contributed by atoms with E-state index >= 15 is 0 Å². The van der Waals surface area contributed by atoms with Crippen molar-refractivity contribution in [3.05, 3.63) is 29.3 Å². The van der Waals surface area contributed by atoms with Crippen molar-refractivity contribution in [2.75, 3.05) is 12.4 Å². The fourth-order valence-corrected chi connectivity index (χ4v) is 2.78. The molecular weight excluding hydrogens is 256 g/mol. The summed E-state index contributed by atoms with van der Waals surface area (Å²) in [5, 5.41) is 10.7. The molecule has 1 aromatic carbocycles. The maximum atomic E-state index is 9.99. The molecule has 0 aromatic heterocycles. The molecule has 2 unspecified atom stereocenters. The van der Waals surface area contributed by atoms with Crippen molar-refractivity contribution in [3.8, 4) is 0 Å². The summed E-state index contributed by atoms with van der Waals surface area (Å²) in [7, 11) is 0. The van der Waals surface area contributed by atoms with E-state index in [9.17, 15) is 5.11 Å². The van der Waals surface area contributed by atoms with Gasteiger partial charge in [0.1, 0.15) is 0 Å². The second-order valence-electron chi connectivity index (χ2n) is 3.74. The van der Waals surface area contributed by atoms with E-state index in [2.05, 4.69) is 0 Å². The Bertz CT molecular complexity index is 333. The van der Waals surface area contributed by atoms with Crippen molar-refractivity contribution in [1.29, 1.82) is 0 Å². The molecule has 0 heterocycles. The average Bonchev–Trinajstić information content (AvgIpc) is 2.33. The van der Waals surface area contributed by atoms with Crippen LogP contribution in [0.2, 0.25) is 5.02 Å². The van der Waals surface area contributed by atoms with Crippen molar-refractivity contribution >= 4 is 23.4 Å². The Hall–Kier alpha value is -0.220. The molecule has 2 nitrogen and oxygen atoms in total. The molecule has 2 atom stereocenters. The van der Waals surface area contributed by atoms with Gasteiger partial charge in [-0.25, -0.2) is 0 Å². The zero-order chi connectivity index (χ0) is 12.7.